The van der Waals surface area contributed by atoms with Gasteiger partial charge < -0.3 is 14.8 Å². The van der Waals surface area contributed by atoms with Gasteiger partial charge in [0, 0.05) is 6.54 Å². The summed E-state index contributed by atoms with van der Waals surface area (Å²) in [6.07, 6.45) is 10.6. The zero-order valence-electron chi connectivity index (χ0n) is 16.3. The molecule has 4 aliphatic carbocycles. The summed E-state index contributed by atoms with van der Waals surface area (Å²) < 4.78 is 11.1. The smallest absolute Gasteiger partial charge is 0.226 e. The Balaban J connectivity index is 1.16. The highest BCUT2D eigenvalue weighted by atomic mass is 16.5. The van der Waals surface area contributed by atoms with Gasteiger partial charge in [0.05, 0.1) is 13.0 Å². The van der Waals surface area contributed by atoms with Gasteiger partial charge in [-0.3, -0.25) is 4.79 Å². The van der Waals surface area contributed by atoms with Crippen molar-refractivity contribution in [1.82, 2.24) is 5.32 Å². The molecular weight excluding hydrogens is 338 g/mol. The van der Waals surface area contributed by atoms with Crippen molar-refractivity contribution < 1.29 is 14.3 Å². The van der Waals surface area contributed by atoms with E-state index in [9.17, 15) is 4.79 Å². The Hall–Kier alpha value is -1.71. The summed E-state index contributed by atoms with van der Waals surface area (Å²) in [5.41, 5.74) is 1.60. The Bertz CT molecular complexity index is 693. The maximum atomic E-state index is 12.7. The van der Waals surface area contributed by atoms with E-state index in [2.05, 4.69) is 5.32 Å². The number of hydrogen-bond acceptors (Lipinski definition) is 3. The van der Waals surface area contributed by atoms with Crippen molar-refractivity contribution in [1.29, 1.82) is 0 Å². The van der Waals surface area contributed by atoms with Gasteiger partial charge in [-0.25, -0.2) is 0 Å². The Labute approximate surface area is 162 Å². The minimum Gasteiger partial charge on any atom is -0.497 e. The van der Waals surface area contributed by atoms with Crippen LogP contribution in [0.3, 0.4) is 0 Å². The molecule has 27 heavy (non-hydrogen) atoms. The van der Waals surface area contributed by atoms with Crippen molar-refractivity contribution in [3.8, 4) is 11.5 Å². The second-order valence-electron chi connectivity index (χ2n) is 9.64. The molecule has 4 saturated carbocycles. The highest BCUT2D eigenvalue weighted by Gasteiger charge is 2.50. The minimum absolute atomic E-state index is 0.0963. The summed E-state index contributed by atoms with van der Waals surface area (Å²) in [4.78, 5) is 12.7. The van der Waals surface area contributed by atoms with Crippen LogP contribution in [0.2, 0.25) is 0 Å². The third kappa shape index (κ3) is 3.32. The van der Waals surface area contributed by atoms with Crippen molar-refractivity contribution in [2.24, 2.45) is 29.1 Å². The van der Waals surface area contributed by atoms with Crippen LogP contribution in [0.25, 0.3) is 0 Å². The van der Waals surface area contributed by atoms with Crippen molar-refractivity contribution in [3.63, 3.8) is 0 Å². The van der Waals surface area contributed by atoms with Crippen LogP contribution >= 0.6 is 0 Å². The molecule has 4 bridgehead atoms. The van der Waals surface area contributed by atoms with Crippen molar-refractivity contribution in [3.05, 3.63) is 23.8 Å². The molecule has 1 N–H and O–H groups in total. The lowest BCUT2D eigenvalue weighted by Crippen LogP contribution is -2.47. The fourth-order valence-corrected chi connectivity index (χ4v) is 6.86. The van der Waals surface area contributed by atoms with E-state index < -0.39 is 0 Å². The first-order chi connectivity index (χ1) is 13.1. The minimum atomic E-state index is -0.0963. The van der Waals surface area contributed by atoms with Crippen molar-refractivity contribution >= 4 is 5.91 Å². The van der Waals surface area contributed by atoms with Gasteiger partial charge in [0.1, 0.15) is 18.1 Å². The molecule has 4 fully saturated rings. The summed E-state index contributed by atoms with van der Waals surface area (Å²) in [5, 5.41) is 3.24. The average molecular weight is 370 g/mol. The Morgan fingerprint density at radius 1 is 1.19 bits per heavy atom. The highest BCUT2D eigenvalue weighted by molar-refractivity contribution is 5.79. The lowest BCUT2D eigenvalue weighted by molar-refractivity contribution is -0.126. The molecule has 0 saturated heterocycles. The number of ether oxygens (including phenoxy) is 2. The predicted octanol–water partition coefficient (Wildman–Crippen LogP) is 3.97. The molecule has 1 aromatic carbocycles. The van der Waals surface area contributed by atoms with Crippen LogP contribution in [0.1, 0.15) is 50.5 Å². The van der Waals surface area contributed by atoms with Gasteiger partial charge in [0.15, 0.2) is 0 Å². The number of methoxy groups -OCH3 is 1. The van der Waals surface area contributed by atoms with E-state index >= 15 is 0 Å². The number of nitrogens with one attached hydrogen (secondary N) is 1. The lowest BCUT2D eigenvalue weighted by Gasteiger charge is -2.57. The lowest BCUT2D eigenvalue weighted by atomic mass is 9.49. The molecule has 1 atom stereocenters. The van der Waals surface area contributed by atoms with Crippen LogP contribution in [-0.4, -0.2) is 26.2 Å². The molecule has 4 heteroatoms. The molecule has 146 valence electrons. The fraction of sp³-hybridized carbons (Fsp3) is 0.696. The van der Waals surface area contributed by atoms with Crippen LogP contribution in [0.15, 0.2) is 18.2 Å². The second-order valence-corrected chi connectivity index (χ2v) is 9.64. The van der Waals surface area contributed by atoms with Crippen LogP contribution in [0.4, 0.5) is 0 Å². The van der Waals surface area contributed by atoms with Gasteiger partial charge in [0.2, 0.25) is 5.91 Å². The molecule has 5 aliphatic rings. The van der Waals surface area contributed by atoms with Gasteiger partial charge in [0.25, 0.3) is 0 Å². The quantitative estimate of drug-likeness (QED) is 0.854. The molecule has 4 nitrogen and oxygen atoms in total. The average Bonchev–Trinajstić information content (AvgIpc) is 2.65. The number of amides is 1. The number of rotatable bonds is 5. The van der Waals surface area contributed by atoms with Crippen LogP contribution in [0.5, 0.6) is 11.5 Å². The summed E-state index contributed by atoms with van der Waals surface area (Å²) in [6.45, 7) is 1.30. The van der Waals surface area contributed by atoms with Gasteiger partial charge in [-0.15, -0.1) is 0 Å². The first-order valence-corrected chi connectivity index (χ1v) is 10.7. The molecular formula is C23H31NO3. The summed E-state index contributed by atoms with van der Waals surface area (Å²) in [5.74, 6) is 4.68. The van der Waals surface area contributed by atoms with E-state index in [1.54, 1.807) is 7.11 Å². The number of carbonyl (C=O) groups excluding carboxylic acids is 1. The summed E-state index contributed by atoms with van der Waals surface area (Å²) >= 11 is 0. The third-order valence-electron chi connectivity index (χ3n) is 7.66. The van der Waals surface area contributed by atoms with Crippen LogP contribution < -0.4 is 14.8 Å². The van der Waals surface area contributed by atoms with E-state index in [-0.39, 0.29) is 11.8 Å². The SMILES string of the molecule is COc1ccc2c(c1)C[C@H](C(=O)NCCC13CC4CC(CC(C4)C1)C3)CO2. The molecule has 6 rings (SSSR count). The van der Waals surface area contributed by atoms with E-state index in [0.717, 1.165) is 47.8 Å². The third-order valence-corrected chi connectivity index (χ3v) is 7.66. The predicted molar refractivity (Wildman–Crippen MR) is 104 cm³/mol. The highest BCUT2D eigenvalue weighted by Crippen LogP contribution is 2.61. The number of hydrogen-bond donors (Lipinski definition) is 1. The molecule has 0 unspecified atom stereocenters. The number of carbonyl (C=O) groups is 1. The Morgan fingerprint density at radius 3 is 2.56 bits per heavy atom. The number of fused-ring (bicyclic) bond motifs is 1. The largest absolute Gasteiger partial charge is 0.497 e. The van der Waals surface area contributed by atoms with Gasteiger partial charge in [-0.1, -0.05) is 0 Å². The van der Waals surface area contributed by atoms with E-state index in [1.807, 2.05) is 18.2 Å². The maximum absolute atomic E-state index is 12.7. The fourth-order valence-electron chi connectivity index (χ4n) is 6.86. The normalized spacial score (nSPS) is 36.0. The zero-order valence-corrected chi connectivity index (χ0v) is 16.3. The molecule has 1 amide bonds. The van der Waals surface area contributed by atoms with Crippen LogP contribution in [-0.2, 0) is 11.2 Å². The monoisotopic (exact) mass is 369 g/mol. The zero-order chi connectivity index (χ0) is 18.4. The molecule has 1 heterocycles. The van der Waals surface area contributed by atoms with Gasteiger partial charge in [-0.05, 0) is 98.3 Å². The second kappa shape index (κ2) is 6.72. The molecule has 1 aromatic rings. The van der Waals surface area contributed by atoms with E-state index in [4.69, 9.17) is 9.47 Å². The standard InChI is InChI=1S/C23H31NO3/c1-26-20-2-3-21-18(10-20)9-19(14-27-21)22(25)24-5-4-23-11-15-6-16(12-23)8-17(7-15)13-23/h2-3,10,15-17,19H,4-9,11-14H2,1H3,(H,24,25)/t15?,16?,17?,19-,23?/m0/s1. The molecule has 0 spiro atoms. The van der Waals surface area contributed by atoms with Crippen LogP contribution in [0, 0.1) is 29.1 Å². The topological polar surface area (TPSA) is 47.6 Å². The maximum Gasteiger partial charge on any atom is 0.226 e. The first kappa shape index (κ1) is 17.4. The summed E-state index contributed by atoms with van der Waals surface area (Å²) in [7, 11) is 1.67. The van der Waals surface area contributed by atoms with Crippen molar-refractivity contribution in [2.75, 3.05) is 20.3 Å². The van der Waals surface area contributed by atoms with E-state index in [1.165, 1.54) is 44.9 Å². The summed E-state index contributed by atoms with van der Waals surface area (Å²) in [6, 6.07) is 5.84. The molecule has 1 aliphatic heterocycles. The molecule has 0 aromatic heterocycles. The van der Waals surface area contributed by atoms with Crippen molar-refractivity contribution in [2.45, 2.75) is 51.4 Å². The Morgan fingerprint density at radius 2 is 1.89 bits per heavy atom. The van der Waals surface area contributed by atoms with Gasteiger partial charge in [-0.2, -0.15) is 0 Å². The van der Waals surface area contributed by atoms with E-state index in [0.29, 0.717) is 12.0 Å². The number of benzene rings is 1. The molecule has 0 radical (unpaired) electrons. The Kier molecular flexibility index (Phi) is 4.33. The first-order valence-electron chi connectivity index (χ1n) is 10.7. The van der Waals surface area contributed by atoms with Gasteiger partial charge >= 0.3 is 0 Å².